The lowest BCUT2D eigenvalue weighted by molar-refractivity contribution is 0.0947. The lowest BCUT2D eigenvalue weighted by atomic mass is 9.99. The Balaban J connectivity index is 1.75. The average molecular weight is 375 g/mol. The quantitative estimate of drug-likeness (QED) is 0.843. The van der Waals surface area contributed by atoms with Crippen molar-refractivity contribution in [2.75, 3.05) is 13.1 Å². The first-order valence-corrected chi connectivity index (χ1v) is 9.08. The molecule has 0 radical (unpaired) electrons. The first-order chi connectivity index (χ1) is 13.0. The molecule has 1 aliphatic rings. The Kier molecular flexibility index (Phi) is 6.01. The molecule has 1 unspecified atom stereocenters. The number of amides is 1. The van der Waals surface area contributed by atoms with E-state index < -0.39 is 17.5 Å². The summed E-state index contributed by atoms with van der Waals surface area (Å²) in [5.41, 5.74) is 0.434. The smallest absolute Gasteiger partial charge is 0.263 e. The lowest BCUT2D eigenvalue weighted by Crippen LogP contribution is -2.37. The van der Waals surface area contributed by atoms with E-state index >= 15 is 0 Å². The Labute approximate surface area is 156 Å². The maximum Gasteiger partial charge on any atom is 0.263 e. The summed E-state index contributed by atoms with van der Waals surface area (Å²) in [5.74, 6) is -1.62. The summed E-state index contributed by atoms with van der Waals surface area (Å²) in [6, 6.07) is 4.91. The fourth-order valence-electron chi connectivity index (χ4n) is 3.37. The van der Waals surface area contributed by atoms with Crippen molar-refractivity contribution in [2.45, 2.75) is 32.9 Å². The highest BCUT2D eigenvalue weighted by molar-refractivity contribution is 5.95. The van der Waals surface area contributed by atoms with Crippen LogP contribution >= 0.6 is 0 Å². The predicted octanol–water partition coefficient (Wildman–Crippen LogP) is 2.36. The second-order valence-corrected chi connectivity index (χ2v) is 6.96. The fourth-order valence-corrected chi connectivity index (χ4v) is 3.37. The number of rotatable bonds is 5. The zero-order chi connectivity index (χ0) is 19.4. The molecule has 7 heteroatoms. The van der Waals surface area contributed by atoms with Gasteiger partial charge in [-0.2, -0.15) is 0 Å². The topological polar surface area (TPSA) is 63.1 Å². The minimum Gasteiger partial charge on any atom is -0.348 e. The van der Waals surface area contributed by atoms with Crippen molar-refractivity contribution in [2.24, 2.45) is 5.92 Å². The van der Waals surface area contributed by atoms with E-state index in [1.54, 1.807) is 23.8 Å². The number of piperidine rings is 1. The van der Waals surface area contributed by atoms with Crippen molar-refractivity contribution in [3.63, 3.8) is 0 Å². The predicted molar refractivity (Wildman–Crippen MR) is 98.6 cm³/mol. The van der Waals surface area contributed by atoms with Gasteiger partial charge in [0.05, 0.1) is 0 Å². The number of hydrogen-bond donors (Lipinski definition) is 2. The molecule has 1 aromatic carbocycles. The van der Waals surface area contributed by atoms with Crippen molar-refractivity contribution in [3.05, 3.63) is 69.1 Å². The maximum absolute atomic E-state index is 13.7. The molecule has 1 saturated heterocycles. The van der Waals surface area contributed by atoms with Crippen LogP contribution in [0.1, 0.15) is 34.3 Å². The summed E-state index contributed by atoms with van der Waals surface area (Å²) in [6.07, 6.45) is 3.82. The van der Waals surface area contributed by atoms with Crippen molar-refractivity contribution in [1.82, 2.24) is 15.2 Å². The molecule has 1 fully saturated rings. The third-order valence-corrected chi connectivity index (χ3v) is 4.91. The number of pyridine rings is 1. The number of hydrogen-bond acceptors (Lipinski definition) is 3. The number of benzene rings is 1. The van der Waals surface area contributed by atoms with Gasteiger partial charge in [0.25, 0.3) is 11.5 Å². The van der Waals surface area contributed by atoms with Gasteiger partial charge >= 0.3 is 0 Å². The van der Waals surface area contributed by atoms with Crippen LogP contribution < -0.4 is 16.2 Å². The Morgan fingerprint density at radius 1 is 1.33 bits per heavy atom. The molecule has 0 spiro atoms. The van der Waals surface area contributed by atoms with Crippen LogP contribution in [0.2, 0.25) is 0 Å². The molecule has 144 valence electrons. The first kappa shape index (κ1) is 19.2. The normalized spacial score (nSPS) is 16.9. The number of carbonyl (C=O) groups is 1. The number of nitrogens with zero attached hydrogens (tertiary/aromatic N) is 1. The second kappa shape index (κ2) is 8.43. The van der Waals surface area contributed by atoms with Crippen molar-refractivity contribution >= 4 is 5.91 Å². The summed E-state index contributed by atoms with van der Waals surface area (Å²) in [6.45, 7) is 3.98. The van der Waals surface area contributed by atoms with Crippen LogP contribution in [0.5, 0.6) is 0 Å². The molecule has 27 heavy (non-hydrogen) atoms. The molecular weight excluding hydrogens is 352 g/mol. The third kappa shape index (κ3) is 4.60. The third-order valence-electron chi connectivity index (χ3n) is 4.91. The molecule has 1 aliphatic heterocycles. The van der Waals surface area contributed by atoms with Crippen LogP contribution in [0.15, 0.2) is 35.3 Å². The summed E-state index contributed by atoms with van der Waals surface area (Å²) >= 11 is 0. The van der Waals surface area contributed by atoms with Gasteiger partial charge in [-0.25, -0.2) is 8.78 Å². The molecule has 0 aliphatic carbocycles. The molecule has 0 saturated carbocycles. The number of nitrogens with one attached hydrogen (secondary N) is 2. The largest absolute Gasteiger partial charge is 0.348 e. The van der Waals surface area contributed by atoms with Crippen LogP contribution in [0.25, 0.3) is 0 Å². The van der Waals surface area contributed by atoms with E-state index in [0.29, 0.717) is 18.0 Å². The highest BCUT2D eigenvalue weighted by Crippen LogP contribution is 2.13. The molecule has 0 bridgehead atoms. The standard InChI is InChI=1S/C20H23F2N3O2/c1-13-6-8-25(12-14-3-2-7-23-10-14)20(27)18(13)19(26)24-11-15-4-5-16(21)9-17(15)22/h4-6,8-9,14,23H,2-3,7,10-12H2,1H3,(H,24,26). The van der Waals surface area contributed by atoms with Gasteiger partial charge in [-0.1, -0.05) is 6.07 Å². The van der Waals surface area contributed by atoms with E-state index in [-0.39, 0.29) is 23.2 Å². The first-order valence-electron chi connectivity index (χ1n) is 9.08. The SMILES string of the molecule is Cc1ccn(CC2CCCNC2)c(=O)c1C(=O)NCc1ccc(F)cc1F. The molecule has 2 heterocycles. The van der Waals surface area contributed by atoms with Gasteiger partial charge in [0, 0.05) is 30.9 Å². The molecular formula is C20H23F2N3O2. The van der Waals surface area contributed by atoms with E-state index in [1.807, 2.05) is 0 Å². The van der Waals surface area contributed by atoms with Crippen LogP contribution in [-0.4, -0.2) is 23.6 Å². The lowest BCUT2D eigenvalue weighted by Gasteiger charge is -2.23. The van der Waals surface area contributed by atoms with Gasteiger partial charge < -0.3 is 15.2 Å². The van der Waals surface area contributed by atoms with E-state index in [4.69, 9.17) is 0 Å². The Morgan fingerprint density at radius 3 is 2.85 bits per heavy atom. The van der Waals surface area contributed by atoms with Crippen molar-refractivity contribution < 1.29 is 13.6 Å². The summed E-state index contributed by atoms with van der Waals surface area (Å²) in [5, 5.41) is 5.88. The number of halogens is 2. The van der Waals surface area contributed by atoms with Gasteiger partial charge in [0.1, 0.15) is 17.2 Å². The maximum atomic E-state index is 13.7. The van der Waals surface area contributed by atoms with Gasteiger partial charge in [0.2, 0.25) is 0 Å². The Hall–Kier alpha value is -2.54. The highest BCUT2D eigenvalue weighted by Gasteiger charge is 2.19. The minimum absolute atomic E-state index is 0.0591. The van der Waals surface area contributed by atoms with Gasteiger partial charge in [0.15, 0.2) is 0 Å². The zero-order valence-electron chi connectivity index (χ0n) is 15.2. The highest BCUT2D eigenvalue weighted by atomic mass is 19.1. The van der Waals surface area contributed by atoms with E-state index in [0.717, 1.165) is 38.1 Å². The van der Waals surface area contributed by atoms with E-state index in [9.17, 15) is 18.4 Å². The summed E-state index contributed by atoms with van der Waals surface area (Å²) in [4.78, 5) is 25.3. The number of aryl methyl sites for hydroxylation is 1. The van der Waals surface area contributed by atoms with E-state index in [2.05, 4.69) is 10.6 Å². The van der Waals surface area contributed by atoms with Crippen molar-refractivity contribution in [1.29, 1.82) is 0 Å². The average Bonchev–Trinajstić information content (AvgIpc) is 2.64. The van der Waals surface area contributed by atoms with Crippen LogP contribution in [-0.2, 0) is 13.1 Å². The van der Waals surface area contributed by atoms with E-state index in [1.165, 1.54) is 6.07 Å². The number of aromatic nitrogens is 1. The summed E-state index contributed by atoms with van der Waals surface area (Å²) in [7, 11) is 0. The molecule has 5 nitrogen and oxygen atoms in total. The molecule has 2 aromatic rings. The molecule has 1 aromatic heterocycles. The fraction of sp³-hybridized carbons (Fsp3) is 0.400. The number of carbonyl (C=O) groups excluding carboxylic acids is 1. The summed E-state index contributed by atoms with van der Waals surface area (Å²) < 4.78 is 28.3. The Morgan fingerprint density at radius 2 is 2.15 bits per heavy atom. The Bertz CT molecular complexity index is 889. The molecule has 3 rings (SSSR count). The zero-order valence-corrected chi connectivity index (χ0v) is 15.2. The molecule has 1 amide bonds. The van der Waals surface area contributed by atoms with Gasteiger partial charge in [-0.15, -0.1) is 0 Å². The molecule has 1 atom stereocenters. The van der Waals surface area contributed by atoms with Crippen LogP contribution in [0.4, 0.5) is 8.78 Å². The monoisotopic (exact) mass is 375 g/mol. The van der Waals surface area contributed by atoms with Crippen LogP contribution in [0, 0.1) is 24.5 Å². The van der Waals surface area contributed by atoms with Gasteiger partial charge in [-0.05, 0) is 56.5 Å². The minimum atomic E-state index is -0.734. The van der Waals surface area contributed by atoms with Crippen molar-refractivity contribution in [3.8, 4) is 0 Å². The van der Waals surface area contributed by atoms with Gasteiger partial charge in [-0.3, -0.25) is 9.59 Å². The second-order valence-electron chi connectivity index (χ2n) is 6.96. The van der Waals surface area contributed by atoms with Crippen LogP contribution in [0.3, 0.4) is 0 Å². The molecule has 2 N–H and O–H groups in total.